The highest BCUT2D eigenvalue weighted by atomic mass is 14.9. The third kappa shape index (κ3) is 1.89. The summed E-state index contributed by atoms with van der Waals surface area (Å²) < 4.78 is 0. The number of hydrogen-bond acceptors (Lipinski definition) is 1. The molecule has 1 nitrogen and oxygen atoms in total. The number of benzene rings is 1. The van der Waals surface area contributed by atoms with Crippen molar-refractivity contribution >= 4 is 0 Å². The van der Waals surface area contributed by atoms with Gasteiger partial charge < -0.3 is 5.32 Å². The van der Waals surface area contributed by atoms with Crippen molar-refractivity contribution in [2.45, 2.75) is 52.5 Å². The largest absolute Gasteiger partial charge is 0.309 e. The molecule has 1 N–H and O–H groups in total. The smallest absolute Gasteiger partial charge is 0.0325 e. The molecule has 16 heavy (non-hydrogen) atoms. The van der Waals surface area contributed by atoms with Crippen LogP contribution in [-0.4, -0.2) is 6.54 Å². The Morgan fingerprint density at radius 2 is 1.81 bits per heavy atom. The molecule has 0 aromatic heterocycles. The molecule has 1 aliphatic heterocycles. The first-order valence-corrected chi connectivity index (χ1v) is 6.48. The molecule has 0 spiro atoms. The van der Waals surface area contributed by atoms with Crippen LogP contribution in [0.25, 0.3) is 0 Å². The van der Waals surface area contributed by atoms with Crippen LogP contribution in [0.2, 0.25) is 0 Å². The zero-order valence-corrected chi connectivity index (χ0v) is 10.9. The van der Waals surface area contributed by atoms with Crippen molar-refractivity contribution < 1.29 is 0 Å². The first-order valence-electron chi connectivity index (χ1n) is 6.48. The molecule has 88 valence electrons. The summed E-state index contributed by atoms with van der Waals surface area (Å²) in [5.41, 5.74) is 6.12. The Kier molecular flexibility index (Phi) is 3.34. The maximum Gasteiger partial charge on any atom is 0.0325 e. The minimum absolute atomic E-state index is 0.580. The van der Waals surface area contributed by atoms with Crippen molar-refractivity contribution in [1.82, 2.24) is 5.32 Å². The molecule has 1 aromatic carbocycles. The summed E-state index contributed by atoms with van der Waals surface area (Å²) in [5, 5.41) is 3.69. The molecule has 0 amide bonds. The standard InChI is InChI=1S/C15H23N/c1-5-6-13-15-11(3)8-7-10(2)14(15)12(4)9-16-13/h7-8,12-13,16H,5-6,9H2,1-4H3. The van der Waals surface area contributed by atoms with Gasteiger partial charge in [0.25, 0.3) is 0 Å². The lowest BCUT2D eigenvalue weighted by Crippen LogP contribution is -2.33. The van der Waals surface area contributed by atoms with Crippen LogP contribution in [0.1, 0.15) is 60.9 Å². The Bertz CT molecular complexity index is 381. The van der Waals surface area contributed by atoms with Crippen LogP contribution in [0.4, 0.5) is 0 Å². The van der Waals surface area contributed by atoms with Crippen molar-refractivity contribution in [2.75, 3.05) is 6.54 Å². The molecule has 2 rings (SSSR count). The highest BCUT2D eigenvalue weighted by molar-refractivity contribution is 5.45. The van der Waals surface area contributed by atoms with Crippen LogP contribution in [0.3, 0.4) is 0 Å². The number of fused-ring (bicyclic) bond motifs is 1. The summed E-state index contributed by atoms with van der Waals surface area (Å²) in [6, 6.07) is 5.13. The van der Waals surface area contributed by atoms with Gasteiger partial charge in [-0.2, -0.15) is 0 Å². The van der Waals surface area contributed by atoms with Gasteiger partial charge >= 0.3 is 0 Å². The lowest BCUT2D eigenvalue weighted by molar-refractivity contribution is 0.438. The fraction of sp³-hybridized carbons (Fsp3) is 0.600. The van der Waals surface area contributed by atoms with E-state index in [2.05, 4.69) is 45.1 Å². The fourth-order valence-corrected chi connectivity index (χ4v) is 3.03. The summed E-state index contributed by atoms with van der Waals surface area (Å²) in [4.78, 5) is 0. The molecular weight excluding hydrogens is 194 g/mol. The Labute approximate surface area is 99.3 Å². The van der Waals surface area contributed by atoms with Crippen LogP contribution < -0.4 is 5.32 Å². The van der Waals surface area contributed by atoms with Crippen LogP contribution in [-0.2, 0) is 0 Å². The molecular formula is C15H23N. The normalized spacial score (nSPS) is 24.2. The van der Waals surface area contributed by atoms with Gasteiger partial charge in [-0.25, -0.2) is 0 Å². The summed E-state index contributed by atoms with van der Waals surface area (Å²) in [6.07, 6.45) is 2.50. The first-order chi connectivity index (χ1) is 7.65. The Morgan fingerprint density at radius 1 is 1.19 bits per heavy atom. The molecule has 0 saturated carbocycles. The van der Waals surface area contributed by atoms with E-state index in [0.717, 1.165) is 6.54 Å². The Balaban J connectivity index is 2.51. The molecule has 1 aliphatic rings. The van der Waals surface area contributed by atoms with E-state index in [-0.39, 0.29) is 0 Å². The SMILES string of the molecule is CCCC1NCC(C)c2c(C)ccc(C)c21. The van der Waals surface area contributed by atoms with Crippen molar-refractivity contribution in [3.8, 4) is 0 Å². The van der Waals surface area contributed by atoms with Crippen molar-refractivity contribution in [1.29, 1.82) is 0 Å². The van der Waals surface area contributed by atoms with E-state index >= 15 is 0 Å². The molecule has 0 radical (unpaired) electrons. The molecule has 0 aliphatic carbocycles. The van der Waals surface area contributed by atoms with E-state index in [0.29, 0.717) is 12.0 Å². The fourth-order valence-electron chi connectivity index (χ4n) is 3.03. The predicted octanol–water partition coefficient (Wildman–Crippen LogP) is 3.85. The molecule has 1 heteroatoms. The van der Waals surface area contributed by atoms with E-state index < -0.39 is 0 Å². The second kappa shape index (κ2) is 4.58. The van der Waals surface area contributed by atoms with Crippen molar-refractivity contribution in [3.05, 3.63) is 34.4 Å². The average molecular weight is 217 g/mol. The number of hydrogen-bond donors (Lipinski definition) is 1. The second-order valence-corrected chi connectivity index (χ2v) is 5.18. The summed E-state index contributed by atoms with van der Waals surface area (Å²) in [7, 11) is 0. The van der Waals surface area contributed by atoms with E-state index in [9.17, 15) is 0 Å². The van der Waals surface area contributed by atoms with Gasteiger partial charge in [0.1, 0.15) is 0 Å². The first kappa shape index (κ1) is 11.7. The van der Waals surface area contributed by atoms with Gasteiger partial charge in [-0.15, -0.1) is 0 Å². The van der Waals surface area contributed by atoms with Crippen molar-refractivity contribution in [2.24, 2.45) is 0 Å². The average Bonchev–Trinajstić information content (AvgIpc) is 2.26. The minimum atomic E-state index is 0.580. The van der Waals surface area contributed by atoms with Crippen LogP contribution in [0.5, 0.6) is 0 Å². The van der Waals surface area contributed by atoms with E-state index in [1.165, 1.54) is 24.0 Å². The molecule has 1 aromatic rings. The lowest BCUT2D eigenvalue weighted by Gasteiger charge is -2.33. The molecule has 1 heterocycles. The predicted molar refractivity (Wildman–Crippen MR) is 70.0 cm³/mol. The molecule has 0 bridgehead atoms. The minimum Gasteiger partial charge on any atom is -0.309 e. The van der Waals surface area contributed by atoms with E-state index in [1.54, 1.807) is 11.1 Å². The number of nitrogens with one attached hydrogen (secondary N) is 1. The molecule has 2 atom stereocenters. The van der Waals surface area contributed by atoms with Gasteiger partial charge in [-0.1, -0.05) is 32.4 Å². The lowest BCUT2D eigenvalue weighted by atomic mass is 9.81. The van der Waals surface area contributed by atoms with Gasteiger partial charge in [0.2, 0.25) is 0 Å². The zero-order valence-electron chi connectivity index (χ0n) is 10.9. The molecule has 2 unspecified atom stereocenters. The van der Waals surface area contributed by atoms with Crippen LogP contribution >= 0.6 is 0 Å². The molecule has 0 saturated heterocycles. The van der Waals surface area contributed by atoms with E-state index in [1.807, 2.05) is 0 Å². The van der Waals surface area contributed by atoms with Gasteiger partial charge in [-0.05, 0) is 48.4 Å². The highest BCUT2D eigenvalue weighted by Crippen LogP contribution is 2.36. The summed E-state index contributed by atoms with van der Waals surface area (Å²) >= 11 is 0. The second-order valence-electron chi connectivity index (χ2n) is 5.18. The van der Waals surface area contributed by atoms with Gasteiger partial charge in [-0.3, -0.25) is 0 Å². The quantitative estimate of drug-likeness (QED) is 0.793. The Hall–Kier alpha value is -0.820. The maximum absolute atomic E-state index is 3.69. The summed E-state index contributed by atoms with van der Waals surface area (Å²) in [6.45, 7) is 10.2. The number of rotatable bonds is 2. The third-order valence-electron chi connectivity index (χ3n) is 3.81. The third-order valence-corrected chi connectivity index (χ3v) is 3.81. The monoisotopic (exact) mass is 217 g/mol. The van der Waals surface area contributed by atoms with Gasteiger partial charge in [0, 0.05) is 12.6 Å². The topological polar surface area (TPSA) is 12.0 Å². The van der Waals surface area contributed by atoms with Crippen LogP contribution in [0.15, 0.2) is 12.1 Å². The van der Waals surface area contributed by atoms with Crippen LogP contribution in [0, 0.1) is 13.8 Å². The van der Waals surface area contributed by atoms with Gasteiger partial charge in [0.15, 0.2) is 0 Å². The Morgan fingerprint density at radius 3 is 2.44 bits per heavy atom. The summed E-state index contributed by atoms with van der Waals surface area (Å²) in [5.74, 6) is 0.656. The van der Waals surface area contributed by atoms with E-state index in [4.69, 9.17) is 0 Å². The van der Waals surface area contributed by atoms with Crippen molar-refractivity contribution in [3.63, 3.8) is 0 Å². The maximum atomic E-state index is 3.69. The number of aryl methyl sites for hydroxylation is 2. The van der Waals surface area contributed by atoms with Gasteiger partial charge in [0.05, 0.1) is 0 Å². The zero-order chi connectivity index (χ0) is 11.7. The molecule has 0 fully saturated rings. The highest BCUT2D eigenvalue weighted by Gasteiger charge is 2.26.